The summed E-state index contributed by atoms with van der Waals surface area (Å²) in [5.74, 6) is -0.528. The maximum absolute atomic E-state index is 13.1. The molecule has 1 saturated carbocycles. The molecule has 9 nitrogen and oxygen atoms in total. The number of aromatic nitrogens is 2. The molecule has 152 valence electrons. The SMILES string of the molecule is COc1nc2c(c(=O)[nH]1)C(c1ccc([N+](=O)[O-])cc1)C1C(=O)CC(C)(C)CC1N2. The molecule has 2 aromatic rings. The third kappa shape index (κ3) is 3.26. The average Bonchev–Trinajstić information content (AvgIpc) is 2.65. The van der Waals surface area contributed by atoms with Gasteiger partial charge in [-0.1, -0.05) is 26.0 Å². The minimum absolute atomic E-state index is 0.0441. The Balaban J connectivity index is 1.90. The van der Waals surface area contributed by atoms with E-state index < -0.39 is 22.3 Å². The zero-order chi connectivity index (χ0) is 20.9. The summed E-state index contributed by atoms with van der Waals surface area (Å²) in [4.78, 5) is 43.5. The number of hydrogen-bond acceptors (Lipinski definition) is 7. The highest BCUT2D eigenvalue weighted by molar-refractivity contribution is 5.86. The first kappa shape index (κ1) is 19.1. The van der Waals surface area contributed by atoms with Gasteiger partial charge in [0.2, 0.25) is 0 Å². The van der Waals surface area contributed by atoms with Crippen LogP contribution in [0.25, 0.3) is 0 Å². The molecule has 0 amide bonds. The number of non-ortho nitro benzene ring substituents is 1. The summed E-state index contributed by atoms with van der Waals surface area (Å²) in [6, 6.07) is 5.92. The van der Waals surface area contributed by atoms with Gasteiger partial charge in [-0.15, -0.1) is 0 Å². The van der Waals surface area contributed by atoms with Crippen molar-refractivity contribution in [1.82, 2.24) is 9.97 Å². The van der Waals surface area contributed by atoms with Crippen molar-refractivity contribution >= 4 is 17.3 Å². The van der Waals surface area contributed by atoms with Crippen molar-refractivity contribution in [2.24, 2.45) is 11.3 Å². The number of ketones is 1. The summed E-state index contributed by atoms with van der Waals surface area (Å²) in [5, 5.41) is 14.3. The van der Waals surface area contributed by atoms with Crippen LogP contribution in [0.15, 0.2) is 29.1 Å². The Kier molecular flexibility index (Phi) is 4.40. The van der Waals surface area contributed by atoms with Gasteiger partial charge in [0.25, 0.3) is 17.3 Å². The maximum atomic E-state index is 13.1. The fraction of sp³-hybridized carbons (Fsp3) is 0.450. The first-order valence-electron chi connectivity index (χ1n) is 9.42. The zero-order valence-electron chi connectivity index (χ0n) is 16.4. The highest BCUT2D eigenvalue weighted by Gasteiger charge is 2.49. The number of hydrogen-bond donors (Lipinski definition) is 2. The number of benzene rings is 1. The van der Waals surface area contributed by atoms with Crippen molar-refractivity contribution in [2.45, 2.75) is 38.6 Å². The van der Waals surface area contributed by atoms with Crippen LogP contribution in [0.5, 0.6) is 6.01 Å². The molecule has 3 atom stereocenters. The molecule has 29 heavy (non-hydrogen) atoms. The van der Waals surface area contributed by atoms with Gasteiger partial charge in [0.1, 0.15) is 11.6 Å². The fourth-order valence-electron chi connectivity index (χ4n) is 4.66. The molecule has 1 aliphatic carbocycles. The number of Topliss-reactive ketones (excluding diaryl/α,β-unsaturated/α-hetero) is 1. The van der Waals surface area contributed by atoms with Crippen LogP contribution < -0.4 is 15.6 Å². The summed E-state index contributed by atoms with van der Waals surface area (Å²) in [5.41, 5.74) is 0.428. The standard InChI is InChI=1S/C20H22N4O5/c1-20(2)8-12-15(13(25)9-20)14(10-4-6-11(7-5-10)24(27)28)16-17(21-12)22-19(29-3)23-18(16)26/h4-7,12,14-15H,8-9H2,1-3H3,(H2,21,22,23,26). The number of ether oxygens (including phenoxy) is 1. The Morgan fingerprint density at radius 3 is 2.55 bits per heavy atom. The third-order valence-corrected chi connectivity index (χ3v) is 5.81. The van der Waals surface area contributed by atoms with E-state index in [1.807, 2.05) is 13.8 Å². The second-order valence-electron chi connectivity index (χ2n) is 8.45. The molecule has 3 unspecified atom stereocenters. The molecule has 0 saturated heterocycles. The van der Waals surface area contributed by atoms with Crippen molar-refractivity contribution in [1.29, 1.82) is 0 Å². The van der Waals surface area contributed by atoms with Crippen LogP contribution in [-0.4, -0.2) is 33.8 Å². The molecule has 2 heterocycles. The molecular weight excluding hydrogens is 376 g/mol. The lowest BCUT2D eigenvalue weighted by Gasteiger charge is -2.46. The van der Waals surface area contributed by atoms with Gasteiger partial charge in [-0.3, -0.25) is 24.7 Å². The lowest BCUT2D eigenvalue weighted by atomic mass is 9.62. The lowest BCUT2D eigenvalue weighted by Crippen LogP contribution is -2.51. The Morgan fingerprint density at radius 2 is 1.93 bits per heavy atom. The second-order valence-corrected chi connectivity index (χ2v) is 8.45. The van der Waals surface area contributed by atoms with Crippen LogP contribution in [0.3, 0.4) is 0 Å². The van der Waals surface area contributed by atoms with E-state index in [0.29, 0.717) is 23.4 Å². The number of nitro groups is 1. The summed E-state index contributed by atoms with van der Waals surface area (Å²) in [6.45, 7) is 4.09. The van der Waals surface area contributed by atoms with E-state index in [1.54, 1.807) is 12.1 Å². The summed E-state index contributed by atoms with van der Waals surface area (Å²) < 4.78 is 5.09. The first-order chi connectivity index (χ1) is 13.7. The van der Waals surface area contributed by atoms with Crippen molar-refractivity contribution < 1.29 is 14.5 Å². The molecule has 9 heteroatoms. The van der Waals surface area contributed by atoms with Gasteiger partial charge in [-0.25, -0.2) is 0 Å². The highest BCUT2D eigenvalue weighted by Crippen LogP contribution is 2.48. The smallest absolute Gasteiger partial charge is 0.298 e. The van der Waals surface area contributed by atoms with E-state index in [1.165, 1.54) is 19.2 Å². The molecule has 1 aliphatic heterocycles. The number of carbonyl (C=O) groups is 1. The number of fused-ring (bicyclic) bond motifs is 2. The van der Waals surface area contributed by atoms with Crippen LogP contribution in [0.1, 0.15) is 43.7 Å². The number of H-pyrrole nitrogens is 1. The number of nitrogens with zero attached hydrogens (tertiary/aromatic N) is 2. The molecule has 0 bridgehead atoms. The molecule has 2 N–H and O–H groups in total. The second kappa shape index (κ2) is 6.68. The number of nitrogens with one attached hydrogen (secondary N) is 2. The Hall–Kier alpha value is -3.23. The van der Waals surface area contributed by atoms with Gasteiger partial charge < -0.3 is 10.1 Å². The maximum Gasteiger partial charge on any atom is 0.298 e. The number of aromatic amines is 1. The normalized spacial score (nSPS) is 24.8. The van der Waals surface area contributed by atoms with Crippen LogP contribution >= 0.6 is 0 Å². The van der Waals surface area contributed by atoms with Crippen molar-refractivity contribution in [3.05, 3.63) is 55.9 Å². The van der Waals surface area contributed by atoms with E-state index >= 15 is 0 Å². The van der Waals surface area contributed by atoms with Crippen LogP contribution in [0.2, 0.25) is 0 Å². The van der Waals surface area contributed by atoms with Crippen molar-refractivity contribution in [3.63, 3.8) is 0 Å². The fourth-order valence-corrected chi connectivity index (χ4v) is 4.66. The lowest BCUT2D eigenvalue weighted by molar-refractivity contribution is -0.384. The predicted octanol–water partition coefficient (Wildman–Crippen LogP) is 2.62. The molecular formula is C20H22N4O5. The number of rotatable bonds is 3. The molecule has 1 aromatic carbocycles. The van der Waals surface area contributed by atoms with Gasteiger partial charge >= 0.3 is 0 Å². The molecule has 0 spiro atoms. The minimum atomic E-state index is -0.539. The topological polar surface area (TPSA) is 127 Å². The van der Waals surface area contributed by atoms with Crippen molar-refractivity contribution in [2.75, 3.05) is 12.4 Å². The Labute approximate surface area is 166 Å². The average molecular weight is 398 g/mol. The first-order valence-corrected chi connectivity index (χ1v) is 9.42. The van der Waals surface area contributed by atoms with Gasteiger partial charge in [0.15, 0.2) is 0 Å². The Bertz CT molecular complexity index is 1040. The number of carbonyl (C=O) groups excluding carboxylic acids is 1. The van der Waals surface area contributed by atoms with Crippen molar-refractivity contribution in [3.8, 4) is 6.01 Å². The summed E-state index contributed by atoms with van der Waals surface area (Å²) in [7, 11) is 1.41. The Morgan fingerprint density at radius 1 is 1.24 bits per heavy atom. The van der Waals surface area contributed by atoms with E-state index in [4.69, 9.17) is 4.74 Å². The number of anilines is 1. The van der Waals surface area contributed by atoms with E-state index in [9.17, 15) is 19.7 Å². The quantitative estimate of drug-likeness (QED) is 0.601. The van der Waals surface area contributed by atoms with Gasteiger partial charge in [0.05, 0.1) is 17.6 Å². The summed E-state index contributed by atoms with van der Waals surface area (Å²) >= 11 is 0. The molecule has 4 rings (SSSR count). The minimum Gasteiger partial charge on any atom is -0.468 e. The van der Waals surface area contributed by atoms with Crippen LogP contribution in [0, 0.1) is 21.4 Å². The number of nitro benzene ring substituents is 1. The van der Waals surface area contributed by atoms with Crippen LogP contribution in [0.4, 0.5) is 11.5 Å². The molecule has 1 aromatic heterocycles. The number of methoxy groups -OCH3 is 1. The molecule has 1 fully saturated rings. The van der Waals surface area contributed by atoms with E-state index in [0.717, 1.165) is 6.42 Å². The third-order valence-electron chi connectivity index (χ3n) is 5.81. The van der Waals surface area contributed by atoms with E-state index in [2.05, 4.69) is 15.3 Å². The van der Waals surface area contributed by atoms with Gasteiger partial charge in [-0.2, -0.15) is 4.98 Å². The highest BCUT2D eigenvalue weighted by atomic mass is 16.6. The zero-order valence-corrected chi connectivity index (χ0v) is 16.4. The van der Waals surface area contributed by atoms with E-state index in [-0.39, 0.29) is 28.9 Å². The molecule has 0 radical (unpaired) electrons. The largest absolute Gasteiger partial charge is 0.468 e. The monoisotopic (exact) mass is 398 g/mol. The predicted molar refractivity (Wildman–Crippen MR) is 105 cm³/mol. The molecule has 2 aliphatic rings. The van der Waals surface area contributed by atoms with Gasteiger partial charge in [-0.05, 0) is 17.4 Å². The van der Waals surface area contributed by atoms with Crippen LogP contribution in [-0.2, 0) is 4.79 Å². The van der Waals surface area contributed by atoms with Gasteiger partial charge in [0, 0.05) is 36.4 Å². The summed E-state index contributed by atoms with van der Waals surface area (Å²) in [6.07, 6.45) is 1.15.